The fourth-order valence-electron chi connectivity index (χ4n) is 3.25. The van der Waals surface area contributed by atoms with Gasteiger partial charge in [0.05, 0.1) is 19.3 Å². The first-order valence-corrected chi connectivity index (χ1v) is 9.45. The monoisotopic (exact) mass is 384 g/mol. The van der Waals surface area contributed by atoms with Crippen LogP contribution in [-0.2, 0) is 9.53 Å². The number of hydrogen-bond donors (Lipinski definition) is 4. The number of ether oxygens (including phenoxy) is 1. The van der Waals surface area contributed by atoms with Crippen molar-refractivity contribution in [3.05, 3.63) is 47.9 Å². The fourth-order valence-corrected chi connectivity index (χ4v) is 3.25. The van der Waals surface area contributed by atoms with Crippen molar-refractivity contribution in [3.63, 3.8) is 0 Å². The van der Waals surface area contributed by atoms with Crippen LogP contribution in [0.3, 0.4) is 0 Å². The number of nitrogens with zero attached hydrogens (tertiary/aromatic N) is 1. The van der Waals surface area contributed by atoms with Gasteiger partial charge in [0.15, 0.2) is 0 Å². The van der Waals surface area contributed by atoms with Gasteiger partial charge in [0.2, 0.25) is 0 Å². The molecular formula is C21H28N4O3. The van der Waals surface area contributed by atoms with E-state index in [-0.39, 0.29) is 28.7 Å². The average molecular weight is 384 g/mol. The van der Waals surface area contributed by atoms with E-state index in [9.17, 15) is 9.90 Å². The standard InChI is InChI=1S/C21H28N4O3/c1-13(2)17(15-7-6-14-5-4-8-24-18(14)19(15)26)25-20(27)16(22)9-23-10-21(3)11-28-12-21/h4-9,13,17,23,26H,10-12,22H2,1-3H3,(H,25,27)/b16-9-. The second-order valence-electron chi connectivity index (χ2n) is 8.06. The number of phenols is 1. The zero-order chi connectivity index (χ0) is 20.3. The van der Waals surface area contributed by atoms with Gasteiger partial charge >= 0.3 is 0 Å². The quantitative estimate of drug-likeness (QED) is 0.545. The molecule has 28 heavy (non-hydrogen) atoms. The number of nitrogens with two attached hydrogens (primary N) is 1. The van der Waals surface area contributed by atoms with Crippen LogP contribution in [0, 0.1) is 11.3 Å². The molecule has 1 fully saturated rings. The summed E-state index contributed by atoms with van der Waals surface area (Å²) in [5, 5.41) is 17.6. The number of rotatable bonds is 7. The number of amides is 1. The number of carbonyl (C=O) groups excluding carboxylic acids is 1. The molecule has 150 valence electrons. The zero-order valence-electron chi connectivity index (χ0n) is 16.5. The van der Waals surface area contributed by atoms with E-state index in [1.54, 1.807) is 6.20 Å². The predicted molar refractivity (Wildman–Crippen MR) is 108 cm³/mol. The Bertz CT molecular complexity index is 890. The van der Waals surface area contributed by atoms with Gasteiger partial charge < -0.3 is 26.2 Å². The Morgan fingerprint density at radius 1 is 1.39 bits per heavy atom. The van der Waals surface area contributed by atoms with E-state index in [0.717, 1.165) is 5.39 Å². The van der Waals surface area contributed by atoms with Crippen LogP contribution in [0.5, 0.6) is 5.75 Å². The highest BCUT2D eigenvalue weighted by Gasteiger charge is 2.32. The minimum Gasteiger partial charge on any atom is -0.505 e. The van der Waals surface area contributed by atoms with Crippen molar-refractivity contribution in [3.8, 4) is 5.75 Å². The average Bonchev–Trinajstić information content (AvgIpc) is 2.65. The number of phenolic OH excluding ortho intramolecular Hbond substituents is 1. The maximum absolute atomic E-state index is 12.6. The number of carbonyl (C=O) groups is 1. The summed E-state index contributed by atoms with van der Waals surface area (Å²) in [6, 6.07) is 7.01. The Kier molecular flexibility index (Phi) is 5.74. The number of benzene rings is 1. The van der Waals surface area contributed by atoms with Crippen LogP contribution >= 0.6 is 0 Å². The van der Waals surface area contributed by atoms with E-state index >= 15 is 0 Å². The van der Waals surface area contributed by atoms with Crippen molar-refractivity contribution in [2.75, 3.05) is 19.8 Å². The lowest BCUT2D eigenvalue weighted by atomic mass is 9.89. The first-order chi connectivity index (χ1) is 13.3. The molecule has 1 aliphatic heterocycles. The van der Waals surface area contributed by atoms with E-state index in [0.29, 0.717) is 30.8 Å². The minimum absolute atomic E-state index is 0.0443. The molecule has 1 aromatic heterocycles. The lowest BCUT2D eigenvalue weighted by Crippen LogP contribution is -2.46. The van der Waals surface area contributed by atoms with Crippen molar-refractivity contribution in [2.24, 2.45) is 17.1 Å². The third kappa shape index (κ3) is 4.20. The summed E-state index contributed by atoms with van der Waals surface area (Å²) in [6.07, 6.45) is 3.16. The van der Waals surface area contributed by atoms with E-state index < -0.39 is 6.04 Å². The fraction of sp³-hybridized carbons (Fsp3) is 0.429. The molecule has 1 saturated heterocycles. The molecule has 0 bridgehead atoms. The smallest absolute Gasteiger partial charge is 0.269 e. The summed E-state index contributed by atoms with van der Waals surface area (Å²) >= 11 is 0. The maximum Gasteiger partial charge on any atom is 0.269 e. The Balaban J connectivity index is 1.74. The molecule has 0 spiro atoms. The number of hydrogen-bond acceptors (Lipinski definition) is 6. The topological polar surface area (TPSA) is 110 Å². The highest BCUT2D eigenvalue weighted by Crippen LogP contribution is 2.34. The van der Waals surface area contributed by atoms with Crippen molar-refractivity contribution >= 4 is 16.8 Å². The molecule has 0 saturated carbocycles. The van der Waals surface area contributed by atoms with Crippen LogP contribution in [0.15, 0.2) is 42.4 Å². The Morgan fingerprint density at radius 2 is 2.14 bits per heavy atom. The largest absolute Gasteiger partial charge is 0.505 e. The second-order valence-corrected chi connectivity index (χ2v) is 8.06. The number of nitrogens with one attached hydrogen (secondary N) is 2. The molecule has 2 heterocycles. The van der Waals surface area contributed by atoms with E-state index in [2.05, 4.69) is 22.5 Å². The van der Waals surface area contributed by atoms with Gasteiger partial charge in [-0.25, -0.2) is 0 Å². The summed E-state index contributed by atoms with van der Waals surface area (Å²) in [5.74, 6) is -0.264. The zero-order valence-corrected chi connectivity index (χ0v) is 16.5. The Morgan fingerprint density at radius 3 is 2.79 bits per heavy atom. The third-order valence-electron chi connectivity index (χ3n) is 5.02. The van der Waals surface area contributed by atoms with Gasteiger partial charge in [0.1, 0.15) is 17.0 Å². The molecule has 1 atom stereocenters. The molecule has 1 aliphatic rings. The molecule has 0 radical (unpaired) electrons. The SMILES string of the molecule is CC(C)C(NC(=O)/C(N)=C/NCC1(C)COC1)c1ccc2cccnc2c1O. The first-order valence-electron chi connectivity index (χ1n) is 9.45. The molecule has 0 aliphatic carbocycles. The third-order valence-corrected chi connectivity index (χ3v) is 5.02. The van der Waals surface area contributed by atoms with Gasteiger partial charge in [-0.2, -0.15) is 0 Å². The summed E-state index contributed by atoms with van der Waals surface area (Å²) < 4.78 is 5.21. The Labute approximate surface area is 165 Å². The van der Waals surface area contributed by atoms with E-state index in [4.69, 9.17) is 10.5 Å². The summed E-state index contributed by atoms with van der Waals surface area (Å²) in [6.45, 7) is 8.14. The molecule has 1 aromatic carbocycles. The van der Waals surface area contributed by atoms with Crippen LogP contribution in [0.2, 0.25) is 0 Å². The summed E-state index contributed by atoms with van der Waals surface area (Å²) in [4.78, 5) is 16.8. The van der Waals surface area contributed by atoms with Crippen molar-refractivity contribution < 1.29 is 14.6 Å². The van der Waals surface area contributed by atoms with E-state index in [1.165, 1.54) is 6.20 Å². The lowest BCUT2D eigenvalue weighted by molar-refractivity contribution is -0.118. The number of aromatic nitrogens is 1. The van der Waals surface area contributed by atoms with Crippen LogP contribution in [0.25, 0.3) is 10.9 Å². The summed E-state index contributed by atoms with van der Waals surface area (Å²) in [5.41, 5.74) is 7.25. The lowest BCUT2D eigenvalue weighted by Gasteiger charge is -2.37. The molecule has 2 aromatic rings. The highest BCUT2D eigenvalue weighted by molar-refractivity contribution is 5.93. The molecule has 7 nitrogen and oxygen atoms in total. The number of fused-ring (bicyclic) bond motifs is 1. The normalized spacial score (nSPS) is 17.2. The molecule has 1 unspecified atom stereocenters. The number of pyridine rings is 1. The predicted octanol–water partition coefficient (Wildman–Crippen LogP) is 2.18. The second kappa shape index (κ2) is 8.06. The summed E-state index contributed by atoms with van der Waals surface area (Å²) in [7, 11) is 0. The minimum atomic E-state index is -0.400. The van der Waals surface area contributed by atoms with Gasteiger partial charge in [-0.1, -0.05) is 39.0 Å². The van der Waals surface area contributed by atoms with Crippen LogP contribution in [0.4, 0.5) is 0 Å². The van der Waals surface area contributed by atoms with Gasteiger partial charge in [0.25, 0.3) is 5.91 Å². The van der Waals surface area contributed by atoms with Crippen LogP contribution < -0.4 is 16.4 Å². The molecule has 1 amide bonds. The number of aromatic hydroxyl groups is 1. The van der Waals surface area contributed by atoms with Gasteiger partial charge in [0, 0.05) is 35.3 Å². The first kappa shape index (κ1) is 19.9. The van der Waals surface area contributed by atoms with Gasteiger partial charge in [-0.3, -0.25) is 9.78 Å². The van der Waals surface area contributed by atoms with Crippen molar-refractivity contribution in [1.29, 1.82) is 0 Å². The molecule has 5 N–H and O–H groups in total. The van der Waals surface area contributed by atoms with Crippen LogP contribution in [-0.4, -0.2) is 35.8 Å². The van der Waals surface area contributed by atoms with Gasteiger partial charge in [-0.15, -0.1) is 0 Å². The maximum atomic E-state index is 12.6. The van der Waals surface area contributed by atoms with Gasteiger partial charge in [-0.05, 0) is 12.0 Å². The van der Waals surface area contributed by atoms with Crippen molar-refractivity contribution in [1.82, 2.24) is 15.6 Å². The highest BCUT2D eigenvalue weighted by atomic mass is 16.5. The molecule has 3 rings (SSSR count). The molecule has 7 heteroatoms. The van der Waals surface area contributed by atoms with Crippen molar-refractivity contribution in [2.45, 2.75) is 26.8 Å². The van der Waals surface area contributed by atoms with E-state index in [1.807, 2.05) is 38.1 Å². The van der Waals surface area contributed by atoms with Crippen LogP contribution in [0.1, 0.15) is 32.4 Å². The molecular weight excluding hydrogens is 356 g/mol. The Hall–Kier alpha value is -2.80.